The topological polar surface area (TPSA) is 62.6 Å². The van der Waals surface area contributed by atoms with E-state index in [9.17, 15) is 9.59 Å². The zero-order valence-corrected chi connectivity index (χ0v) is 16.0. The van der Waals surface area contributed by atoms with Crippen molar-refractivity contribution in [3.63, 3.8) is 0 Å². The number of hydrogen-bond acceptors (Lipinski definition) is 3. The molecule has 2 heterocycles. The molecule has 0 radical (unpaired) electrons. The van der Waals surface area contributed by atoms with Gasteiger partial charge >= 0.3 is 0 Å². The molecular formula is C22H28N2O3. The van der Waals surface area contributed by atoms with Crippen molar-refractivity contribution in [3.05, 3.63) is 30.0 Å². The van der Waals surface area contributed by atoms with Crippen LogP contribution in [-0.2, 0) is 4.79 Å². The second kappa shape index (κ2) is 7.75. The lowest BCUT2D eigenvalue weighted by Gasteiger charge is -2.29. The number of amides is 2. The maximum atomic E-state index is 13.1. The number of carbonyl (C=O) groups excluding carboxylic acids is 2. The van der Waals surface area contributed by atoms with E-state index >= 15 is 0 Å². The fourth-order valence-electron chi connectivity index (χ4n) is 4.27. The summed E-state index contributed by atoms with van der Waals surface area (Å²) in [6.07, 6.45) is 7.27. The third kappa shape index (κ3) is 3.73. The molecule has 0 bridgehead atoms. The Labute approximate surface area is 160 Å². The van der Waals surface area contributed by atoms with E-state index in [1.165, 1.54) is 6.42 Å². The van der Waals surface area contributed by atoms with Gasteiger partial charge in [-0.05, 0) is 43.7 Å². The Morgan fingerprint density at radius 2 is 1.74 bits per heavy atom. The summed E-state index contributed by atoms with van der Waals surface area (Å²) in [5, 5.41) is 3.85. The van der Waals surface area contributed by atoms with Crippen LogP contribution in [-0.4, -0.2) is 29.8 Å². The second-order valence-corrected chi connectivity index (χ2v) is 8.10. The number of nitrogens with one attached hydrogen (secondary N) is 1. The lowest BCUT2D eigenvalue weighted by molar-refractivity contribution is -0.120. The lowest BCUT2D eigenvalue weighted by atomic mass is 9.88. The van der Waals surface area contributed by atoms with Crippen LogP contribution in [0.15, 0.2) is 28.7 Å². The first-order valence-electron chi connectivity index (χ1n) is 10.2. The van der Waals surface area contributed by atoms with E-state index in [4.69, 9.17) is 4.42 Å². The molecule has 1 aromatic carbocycles. The predicted octanol–water partition coefficient (Wildman–Crippen LogP) is 4.82. The molecule has 5 nitrogen and oxygen atoms in total. The van der Waals surface area contributed by atoms with Crippen molar-refractivity contribution in [1.82, 2.24) is 4.90 Å². The Hall–Kier alpha value is -2.30. The largest absolute Gasteiger partial charge is 0.449 e. The maximum Gasteiger partial charge on any atom is 0.291 e. The van der Waals surface area contributed by atoms with E-state index in [1.807, 2.05) is 29.2 Å². The summed E-state index contributed by atoms with van der Waals surface area (Å²) in [4.78, 5) is 27.8. The molecule has 1 aliphatic heterocycles. The lowest BCUT2D eigenvalue weighted by Crippen LogP contribution is -2.38. The van der Waals surface area contributed by atoms with Gasteiger partial charge in [-0.2, -0.15) is 0 Å². The van der Waals surface area contributed by atoms with Crippen LogP contribution in [0.5, 0.6) is 0 Å². The highest BCUT2D eigenvalue weighted by molar-refractivity contribution is 6.11. The van der Waals surface area contributed by atoms with Crippen molar-refractivity contribution >= 4 is 28.5 Å². The van der Waals surface area contributed by atoms with Crippen LogP contribution in [0.4, 0.5) is 5.69 Å². The molecule has 144 valence electrons. The number of hydrogen-bond donors (Lipinski definition) is 1. The number of rotatable bonds is 3. The van der Waals surface area contributed by atoms with Crippen LogP contribution in [0.25, 0.3) is 11.0 Å². The third-order valence-corrected chi connectivity index (χ3v) is 6.08. The molecule has 5 heteroatoms. The van der Waals surface area contributed by atoms with E-state index in [0.717, 1.165) is 57.0 Å². The van der Waals surface area contributed by atoms with Gasteiger partial charge in [-0.25, -0.2) is 0 Å². The number of piperidine rings is 1. The molecule has 4 rings (SSSR count). The van der Waals surface area contributed by atoms with Gasteiger partial charge in [-0.15, -0.1) is 0 Å². The number of nitrogens with zero attached hydrogens (tertiary/aromatic N) is 1. The first-order chi connectivity index (χ1) is 13.1. The van der Waals surface area contributed by atoms with Gasteiger partial charge < -0.3 is 14.6 Å². The number of benzene rings is 1. The molecule has 2 aliphatic rings. The van der Waals surface area contributed by atoms with Crippen molar-refractivity contribution < 1.29 is 14.0 Å². The van der Waals surface area contributed by atoms with Crippen LogP contribution in [0.1, 0.15) is 62.4 Å². The van der Waals surface area contributed by atoms with Crippen LogP contribution in [0.2, 0.25) is 0 Å². The third-order valence-electron chi connectivity index (χ3n) is 6.08. The smallest absolute Gasteiger partial charge is 0.291 e. The van der Waals surface area contributed by atoms with Gasteiger partial charge in [-0.3, -0.25) is 9.59 Å². The van der Waals surface area contributed by atoms with Crippen LogP contribution in [0.3, 0.4) is 0 Å². The molecule has 1 aromatic heterocycles. The van der Waals surface area contributed by atoms with Crippen molar-refractivity contribution in [1.29, 1.82) is 0 Å². The Bertz CT molecular complexity index is 827. The molecule has 1 N–H and O–H groups in total. The number of carbonyl (C=O) groups is 2. The summed E-state index contributed by atoms with van der Waals surface area (Å²) in [6, 6.07) is 7.55. The van der Waals surface area contributed by atoms with E-state index in [0.29, 0.717) is 17.2 Å². The van der Waals surface area contributed by atoms with Gasteiger partial charge in [-0.1, -0.05) is 38.3 Å². The van der Waals surface area contributed by atoms with Gasteiger partial charge in [0.05, 0.1) is 0 Å². The molecule has 0 atom stereocenters. The average molecular weight is 368 g/mol. The summed E-state index contributed by atoms with van der Waals surface area (Å²) in [5.41, 5.74) is 1.19. The molecule has 1 aliphatic carbocycles. The van der Waals surface area contributed by atoms with Gasteiger partial charge in [0, 0.05) is 24.4 Å². The predicted molar refractivity (Wildman–Crippen MR) is 106 cm³/mol. The molecule has 2 aromatic rings. The van der Waals surface area contributed by atoms with Crippen molar-refractivity contribution in [2.75, 3.05) is 18.4 Å². The molecule has 1 saturated carbocycles. The highest BCUT2D eigenvalue weighted by Crippen LogP contribution is 2.34. The van der Waals surface area contributed by atoms with Crippen LogP contribution in [0, 0.1) is 11.8 Å². The zero-order chi connectivity index (χ0) is 18.8. The number of para-hydroxylation sites is 1. The monoisotopic (exact) mass is 368 g/mol. The summed E-state index contributed by atoms with van der Waals surface area (Å²) in [7, 11) is 0. The van der Waals surface area contributed by atoms with Gasteiger partial charge in [0.2, 0.25) is 11.7 Å². The number of fused-ring (bicyclic) bond motifs is 1. The Balaban J connectivity index is 1.63. The van der Waals surface area contributed by atoms with Gasteiger partial charge in [0.1, 0.15) is 11.3 Å². The second-order valence-electron chi connectivity index (χ2n) is 8.10. The van der Waals surface area contributed by atoms with Crippen LogP contribution < -0.4 is 5.32 Å². The van der Waals surface area contributed by atoms with Gasteiger partial charge in [0.25, 0.3) is 5.91 Å². The molecule has 1 saturated heterocycles. The fourth-order valence-corrected chi connectivity index (χ4v) is 4.27. The first kappa shape index (κ1) is 18.1. The number of likely N-dealkylation sites (tertiary alicyclic amines) is 1. The number of anilines is 1. The Kier molecular flexibility index (Phi) is 5.19. The molecule has 0 spiro atoms. The number of furan rings is 1. The maximum absolute atomic E-state index is 13.1. The van der Waals surface area contributed by atoms with E-state index in [1.54, 1.807) is 0 Å². The minimum absolute atomic E-state index is 0.0163. The van der Waals surface area contributed by atoms with E-state index in [2.05, 4.69) is 12.2 Å². The molecule has 2 amide bonds. The van der Waals surface area contributed by atoms with Crippen LogP contribution >= 0.6 is 0 Å². The molecule has 27 heavy (non-hydrogen) atoms. The minimum atomic E-state index is -0.114. The summed E-state index contributed by atoms with van der Waals surface area (Å²) >= 11 is 0. The average Bonchev–Trinajstić information content (AvgIpc) is 3.07. The normalized spacial score (nSPS) is 19.4. The van der Waals surface area contributed by atoms with Crippen molar-refractivity contribution in [3.8, 4) is 0 Å². The van der Waals surface area contributed by atoms with E-state index < -0.39 is 0 Å². The fraction of sp³-hybridized carbons (Fsp3) is 0.545. The quantitative estimate of drug-likeness (QED) is 0.844. The molecule has 2 fully saturated rings. The van der Waals surface area contributed by atoms with Crippen molar-refractivity contribution in [2.45, 2.75) is 51.9 Å². The SMILES string of the molecule is CC1CCN(C(=O)c2oc3ccccc3c2NC(=O)C2CCCCC2)CC1. The molecular weight excluding hydrogens is 340 g/mol. The van der Waals surface area contributed by atoms with Gasteiger partial charge in [0.15, 0.2) is 0 Å². The minimum Gasteiger partial charge on any atom is -0.449 e. The Morgan fingerprint density at radius 3 is 2.48 bits per heavy atom. The Morgan fingerprint density at radius 1 is 1.04 bits per heavy atom. The standard InChI is InChI=1S/C22H28N2O3/c1-15-11-13-24(14-12-15)22(26)20-19(17-9-5-6-10-18(17)27-20)23-21(25)16-7-3-2-4-8-16/h5-6,9-10,15-16H,2-4,7-8,11-14H2,1H3,(H,23,25). The summed E-state index contributed by atoms with van der Waals surface area (Å²) < 4.78 is 5.92. The highest BCUT2D eigenvalue weighted by atomic mass is 16.3. The zero-order valence-electron chi connectivity index (χ0n) is 16.0. The summed E-state index contributed by atoms with van der Waals surface area (Å²) in [6.45, 7) is 3.71. The van der Waals surface area contributed by atoms with E-state index in [-0.39, 0.29) is 23.5 Å². The summed E-state index contributed by atoms with van der Waals surface area (Å²) in [5.74, 6) is 0.857. The molecule has 0 unspecified atom stereocenters. The first-order valence-corrected chi connectivity index (χ1v) is 10.2. The van der Waals surface area contributed by atoms with Crippen molar-refractivity contribution in [2.24, 2.45) is 11.8 Å². The highest BCUT2D eigenvalue weighted by Gasteiger charge is 2.30.